The van der Waals surface area contributed by atoms with Crippen LogP contribution in [-0.4, -0.2) is 24.9 Å². The summed E-state index contributed by atoms with van der Waals surface area (Å²) in [5.41, 5.74) is 10.3. The van der Waals surface area contributed by atoms with Gasteiger partial charge in [-0.05, 0) is 34.4 Å². The minimum Gasteiger partial charge on any atom is -0.238 e. The van der Waals surface area contributed by atoms with Crippen LogP contribution in [0.25, 0.3) is 94.8 Å². The van der Waals surface area contributed by atoms with E-state index >= 15 is 0 Å². The topological polar surface area (TPSA) is 68.8 Å². The first-order chi connectivity index (χ1) is 26.7. The van der Waals surface area contributed by atoms with E-state index in [0.717, 1.165) is 66.7 Å². The molecule has 7 aromatic carbocycles. The fraction of sp³-hybridized carbons (Fsp3) is 0. The molecule has 0 bridgehead atoms. The number of hydrogen-bond acceptors (Lipinski definition) is 5. The van der Waals surface area contributed by atoms with Gasteiger partial charge in [-0.15, -0.1) is 0 Å². The first kappa shape index (κ1) is 32.3. The van der Waals surface area contributed by atoms with Crippen molar-refractivity contribution in [2.75, 3.05) is 0 Å². The van der Waals surface area contributed by atoms with Gasteiger partial charge in [0.1, 0.15) is 0 Å². The van der Waals surface area contributed by atoms with Crippen molar-refractivity contribution in [1.82, 2.24) is 24.9 Å². The fourth-order valence-corrected chi connectivity index (χ4v) is 6.80. The first-order valence-corrected chi connectivity index (χ1v) is 17.6. The summed E-state index contributed by atoms with van der Waals surface area (Å²) in [7, 11) is 0. The molecule has 2 heterocycles. The Kier molecular flexibility index (Phi) is 8.48. The van der Waals surface area contributed by atoms with Crippen molar-refractivity contribution < 1.29 is 0 Å². The SMILES string of the molecule is [C-]#[N+]c1ccccc1-c1ccc(-c2nc(-c3ccccc3)nc(-c3ccccc3)n2)cc1-c1ccccc1-c1nc(-c2ccccc2)c2ccccc2n1. The van der Waals surface area contributed by atoms with E-state index in [0.29, 0.717) is 29.0 Å². The molecule has 0 amide bonds. The summed E-state index contributed by atoms with van der Waals surface area (Å²) >= 11 is 0. The van der Waals surface area contributed by atoms with Gasteiger partial charge in [-0.3, -0.25) is 0 Å². The highest BCUT2D eigenvalue weighted by Gasteiger charge is 2.20. The highest BCUT2D eigenvalue weighted by molar-refractivity contribution is 5.98. The first-order valence-electron chi connectivity index (χ1n) is 17.6. The maximum absolute atomic E-state index is 8.03. The van der Waals surface area contributed by atoms with Crippen molar-refractivity contribution in [3.8, 4) is 79.1 Å². The number of fused-ring (bicyclic) bond motifs is 1. The maximum Gasteiger partial charge on any atom is 0.194 e. The Hall–Kier alpha value is -7.62. The van der Waals surface area contributed by atoms with Gasteiger partial charge in [0.05, 0.1) is 17.8 Å². The summed E-state index contributed by atoms with van der Waals surface area (Å²) in [4.78, 5) is 29.3. The molecule has 0 aliphatic heterocycles. The van der Waals surface area contributed by atoms with E-state index in [1.807, 2.05) is 140 Å². The molecule has 2 aromatic heterocycles. The van der Waals surface area contributed by atoms with Crippen LogP contribution < -0.4 is 0 Å². The van der Waals surface area contributed by atoms with Gasteiger partial charge in [0.2, 0.25) is 0 Å². The molecular formula is C48H30N6. The zero-order valence-corrected chi connectivity index (χ0v) is 29.0. The van der Waals surface area contributed by atoms with Gasteiger partial charge in [0.25, 0.3) is 0 Å². The van der Waals surface area contributed by atoms with Crippen LogP contribution in [0.4, 0.5) is 5.69 Å². The zero-order valence-electron chi connectivity index (χ0n) is 29.0. The summed E-state index contributed by atoms with van der Waals surface area (Å²) in [6.07, 6.45) is 0. The number of benzene rings is 7. The Morgan fingerprint density at radius 2 is 0.833 bits per heavy atom. The van der Waals surface area contributed by atoms with Crippen molar-refractivity contribution in [3.63, 3.8) is 0 Å². The second-order valence-corrected chi connectivity index (χ2v) is 12.8. The lowest BCUT2D eigenvalue weighted by Gasteiger charge is -2.17. The van der Waals surface area contributed by atoms with E-state index in [1.54, 1.807) is 0 Å². The molecule has 252 valence electrons. The Morgan fingerprint density at radius 3 is 1.48 bits per heavy atom. The van der Waals surface area contributed by atoms with E-state index in [9.17, 15) is 0 Å². The van der Waals surface area contributed by atoms with Crippen molar-refractivity contribution in [2.24, 2.45) is 0 Å². The second-order valence-electron chi connectivity index (χ2n) is 12.8. The molecule has 0 N–H and O–H groups in total. The normalized spacial score (nSPS) is 10.9. The third-order valence-electron chi connectivity index (χ3n) is 9.40. The van der Waals surface area contributed by atoms with Crippen molar-refractivity contribution >= 4 is 16.6 Å². The van der Waals surface area contributed by atoms with Crippen LogP contribution >= 0.6 is 0 Å². The van der Waals surface area contributed by atoms with Crippen LogP contribution in [0.3, 0.4) is 0 Å². The maximum atomic E-state index is 8.03. The van der Waals surface area contributed by atoms with Crippen molar-refractivity contribution in [1.29, 1.82) is 0 Å². The standard InChI is InChI=1S/C48H30N6/c1-49-42-27-15-13-24-38(42)37-30-29-35(47-53-45(33-19-7-3-8-20-33)52-46(54-47)34-21-9-4-10-22-34)31-41(37)36-23-11-12-25-39(36)48-50-43-28-16-14-26-40(43)44(51-48)32-17-5-2-6-18-32/h2-31H. The monoisotopic (exact) mass is 690 g/mol. The van der Waals surface area contributed by atoms with E-state index in [4.69, 9.17) is 31.5 Å². The van der Waals surface area contributed by atoms with Gasteiger partial charge < -0.3 is 0 Å². The van der Waals surface area contributed by atoms with Crippen molar-refractivity contribution in [3.05, 3.63) is 193 Å². The number of aromatic nitrogens is 5. The van der Waals surface area contributed by atoms with Crippen molar-refractivity contribution in [2.45, 2.75) is 0 Å². The van der Waals surface area contributed by atoms with Crippen LogP contribution in [0.2, 0.25) is 0 Å². The van der Waals surface area contributed by atoms with Crippen LogP contribution in [0.15, 0.2) is 182 Å². The molecule has 6 nitrogen and oxygen atoms in total. The Morgan fingerprint density at radius 1 is 0.333 bits per heavy atom. The molecule has 54 heavy (non-hydrogen) atoms. The van der Waals surface area contributed by atoms with Gasteiger partial charge in [-0.1, -0.05) is 170 Å². The smallest absolute Gasteiger partial charge is 0.194 e. The Balaban J connectivity index is 1.29. The molecule has 0 aliphatic rings. The minimum absolute atomic E-state index is 0.541. The summed E-state index contributed by atoms with van der Waals surface area (Å²) in [5, 5.41) is 0.983. The third kappa shape index (κ3) is 6.17. The summed E-state index contributed by atoms with van der Waals surface area (Å²) in [6, 6.07) is 60.4. The highest BCUT2D eigenvalue weighted by Crippen LogP contribution is 2.43. The van der Waals surface area contributed by atoms with E-state index < -0.39 is 0 Å². The number of rotatable bonds is 7. The molecule has 0 unspecified atom stereocenters. The average Bonchev–Trinajstić information content (AvgIpc) is 3.26. The van der Waals surface area contributed by atoms with Gasteiger partial charge in [-0.2, -0.15) is 0 Å². The molecule has 0 aliphatic carbocycles. The molecule has 0 saturated carbocycles. The molecular weight excluding hydrogens is 661 g/mol. The molecule has 6 heteroatoms. The minimum atomic E-state index is 0.541. The van der Waals surface area contributed by atoms with Gasteiger partial charge in [0, 0.05) is 33.2 Å². The van der Waals surface area contributed by atoms with Crippen LogP contribution in [0.1, 0.15) is 0 Å². The lowest BCUT2D eigenvalue weighted by molar-refractivity contribution is 1.07. The number of hydrogen-bond donors (Lipinski definition) is 0. The van der Waals surface area contributed by atoms with Crippen LogP contribution in [0.5, 0.6) is 0 Å². The number of para-hydroxylation sites is 2. The quantitative estimate of drug-likeness (QED) is 0.156. The zero-order chi connectivity index (χ0) is 36.3. The molecule has 9 aromatic rings. The van der Waals surface area contributed by atoms with Crippen LogP contribution in [-0.2, 0) is 0 Å². The van der Waals surface area contributed by atoms with E-state index in [-0.39, 0.29) is 0 Å². The Labute approximate surface area is 313 Å². The van der Waals surface area contributed by atoms with E-state index in [2.05, 4.69) is 47.3 Å². The average molecular weight is 691 g/mol. The van der Waals surface area contributed by atoms with Gasteiger partial charge >= 0.3 is 0 Å². The lowest BCUT2D eigenvalue weighted by Crippen LogP contribution is -2.01. The largest absolute Gasteiger partial charge is 0.238 e. The summed E-state index contributed by atoms with van der Waals surface area (Å²) in [5.74, 6) is 2.32. The second kappa shape index (κ2) is 14.2. The summed E-state index contributed by atoms with van der Waals surface area (Å²) in [6.45, 7) is 8.03. The Bertz CT molecular complexity index is 2770. The molecule has 0 atom stereocenters. The summed E-state index contributed by atoms with van der Waals surface area (Å²) < 4.78 is 0. The fourth-order valence-electron chi connectivity index (χ4n) is 6.80. The lowest BCUT2D eigenvalue weighted by atomic mass is 9.89. The van der Waals surface area contributed by atoms with E-state index in [1.165, 1.54) is 0 Å². The predicted molar refractivity (Wildman–Crippen MR) is 217 cm³/mol. The van der Waals surface area contributed by atoms with Gasteiger partial charge in [0.15, 0.2) is 29.0 Å². The highest BCUT2D eigenvalue weighted by atomic mass is 15.0. The predicted octanol–water partition coefficient (Wildman–Crippen LogP) is 12.0. The molecule has 0 saturated heterocycles. The molecule has 9 rings (SSSR count). The molecule has 0 fully saturated rings. The van der Waals surface area contributed by atoms with Crippen LogP contribution in [0, 0.1) is 6.57 Å². The number of nitrogens with zero attached hydrogens (tertiary/aromatic N) is 6. The third-order valence-corrected chi connectivity index (χ3v) is 9.40. The van der Waals surface area contributed by atoms with Gasteiger partial charge in [-0.25, -0.2) is 29.8 Å². The molecule has 0 spiro atoms. The molecule has 0 radical (unpaired) electrons.